The van der Waals surface area contributed by atoms with Crippen LogP contribution in [0.3, 0.4) is 0 Å². The first-order chi connectivity index (χ1) is 6.34. The minimum absolute atomic E-state index is 0.782. The van der Waals surface area contributed by atoms with Gasteiger partial charge in [-0.05, 0) is 25.9 Å². The number of hydrogen-bond acceptors (Lipinski definition) is 3. The quantitative estimate of drug-likeness (QED) is 0.620. The molecule has 13 heavy (non-hydrogen) atoms. The summed E-state index contributed by atoms with van der Waals surface area (Å²) >= 11 is 0. The smallest absolute Gasteiger partial charge is 0.122 e. The summed E-state index contributed by atoms with van der Waals surface area (Å²) in [7, 11) is 2.00. The van der Waals surface area contributed by atoms with Crippen LogP contribution in [0.1, 0.15) is 18.7 Å². The monoisotopic (exact) mass is 182 g/mol. The number of hydrogen-bond donors (Lipinski definition) is 2. The number of imidazole rings is 1. The zero-order chi connectivity index (χ0) is 9.52. The van der Waals surface area contributed by atoms with Gasteiger partial charge in [0.15, 0.2) is 0 Å². The normalized spacial score (nSPS) is 10.6. The lowest BCUT2D eigenvalue weighted by atomic mass is 10.3. The molecule has 0 saturated heterocycles. The summed E-state index contributed by atoms with van der Waals surface area (Å²) < 4.78 is 2.02. The van der Waals surface area contributed by atoms with Crippen LogP contribution in [0.15, 0.2) is 12.4 Å². The summed E-state index contributed by atoms with van der Waals surface area (Å²) in [6.45, 7) is 2.64. The van der Waals surface area contributed by atoms with E-state index >= 15 is 0 Å². The Hall–Kier alpha value is -0.870. The maximum absolute atomic E-state index is 5.39. The highest BCUT2D eigenvalue weighted by atomic mass is 15.1. The molecule has 0 atom stereocenters. The van der Waals surface area contributed by atoms with E-state index in [4.69, 9.17) is 5.73 Å². The lowest BCUT2D eigenvalue weighted by Gasteiger charge is -2.03. The summed E-state index contributed by atoms with van der Waals surface area (Å²) in [5, 5.41) is 3.32. The van der Waals surface area contributed by atoms with Crippen molar-refractivity contribution in [3.8, 4) is 0 Å². The van der Waals surface area contributed by atoms with Crippen molar-refractivity contribution < 1.29 is 0 Å². The molecule has 0 radical (unpaired) electrons. The van der Waals surface area contributed by atoms with E-state index in [2.05, 4.69) is 10.3 Å². The molecule has 0 spiro atoms. The zero-order valence-corrected chi connectivity index (χ0v) is 8.16. The first-order valence-corrected chi connectivity index (χ1v) is 4.71. The van der Waals surface area contributed by atoms with Crippen LogP contribution in [0.2, 0.25) is 0 Å². The van der Waals surface area contributed by atoms with Gasteiger partial charge in [0.1, 0.15) is 5.82 Å². The van der Waals surface area contributed by atoms with Crippen molar-refractivity contribution in [1.29, 1.82) is 0 Å². The number of nitrogens with zero attached hydrogens (tertiary/aromatic N) is 2. The zero-order valence-electron chi connectivity index (χ0n) is 8.16. The standard InChI is InChI=1S/C9H18N4/c1-13-7-6-12-9(13)8-11-5-3-2-4-10/h6-7,11H,2-5,8,10H2,1H3. The first kappa shape index (κ1) is 10.2. The maximum Gasteiger partial charge on any atom is 0.122 e. The Balaban J connectivity index is 2.10. The summed E-state index contributed by atoms with van der Waals surface area (Å²) in [5.41, 5.74) is 5.39. The molecule has 0 aliphatic heterocycles. The molecule has 4 heteroatoms. The molecule has 0 amide bonds. The SMILES string of the molecule is Cn1ccnc1CNCCCCN. The topological polar surface area (TPSA) is 55.9 Å². The molecule has 74 valence electrons. The average molecular weight is 182 g/mol. The van der Waals surface area contributed by atoms with E-state index in [0.717, 1.165) is 38.3 Å². The Morgan fingerprint density at radius 2 is 2.38 bits per heavy atom. The second-order valence-electron chi connectivity index (χ2n) is 3.13. The molecular weight excluding hydrogens is 164 g/mol. The van der Waals surface area contributed by atoms with Gasteiger partial charge >= 0.3 is 0 Å². The van der Waals surface area contributed by atoms with Crippen LogP contribution in [0.25, 0.3) is 0 Å². The van der Waals surface area contributed by atoms with E-state index in [9.17, 15) is 0 Å². The third kappa shape index (κ3) is 3.57. The summed E-state index contributed by atoms with van der Waals surface area (Å²) in [5.74, 6) is 1.08. The van der Waals surface area contributed by atoms with Gasteiger partial charge in [0.2, 0.25) is 0 Å². The molecular formula is C9H18N4. The number of aromatic nitrogens is 2. The Kier molecular flexibility index (Phi) is 4.49. The van der Waals surface area contributed by atoms with Crippen LogP contribution in [-0.2, 0) is 13.6 Å². The molecule has 0 unspecified atom stereocenters. The summed E-state index contributed by atoms with van der Waals surface area (Å²) in [4.78, 5) is 4.21. The third-order valence-corrected chi connectivity index (χ3v) is 2.01. The molecule has 0 fully saturated rings. The lowest BCUT2D eigenvalue weighted by molar-refractivity contribution is 0.599. The van der Waals surface area contributed by atoms with E-state index in [1.807, 2.05) is 24.0 Å². The highest BCUT2D eigenvalue weighted by Crippen LogP contribution is 1.93. The van der Waals surface area contributed by atoms with Crippen molar-refractivity contribution in [3.05, 3.63) is 18.2 Å². The minimum Gasteiger partial charge on any atom is -0.337 e. The number of nitrogens with one attached hydrogen (secondary N) is 1. The van der Waals surface area contributed by atoms with E-state index in [-0.39, 0.29) is 0 Å². The predicted molar refractivity (Wildman–Crippen MR) is 53.2 cm³/mol. The average Bonchev–Trinajstić information content (AvgIpc) is 2.52. The van der Waals surface area contributed by atoms with Gasteiger partial charge in [0, 0.05) is 19.4 Å². The number of rotatable bonds is 6. The van der Waals surface area contributed by atoms with Crippen LogP contribution in [0.5, 0.6) is 0 Å². The van der Waals surface area contributed by atoms with Crippen molar-refractivity contribution in [1.82, 2.24) is 14.9 Å². The Bertz CT molecular complexity index is 231. The fraction of sp³-hybridized carbons (Fsp3) is 0.667. The third-order valence-electron chi connectivity index (χ3n) is 2.01. The van der Waals surface area contributed by atoms with Gasteiger partial charge in [-0.2, -0.15) is 0 Å². The van der Waals surface area contributed by atoms with Crippen LogP contribution in [0.4, 0.5) is 0 Å². The molecule has 4 nitrogen and oxygen atoms in total. The second kappa shape index (κ2) is 5.72. The van der Waals surface area contributed by atoms with Crippen LogP contribution in [0, 0.1) is 0 Å². The van der Waals surface area contributed by atoms with E-state index in [0.29, 0.717) is 0 Å². The summed E-state index contributed by atoms with van der Waals surface area (Å²) in [6, 6.07) is 0. The van der Waals surface area contributed by atoms with Gasteiger partial charge in [-0.25, -0.2) is 4.98 Å². The number of aryl methyl sites for hydroxylation is 1. The van der Waals surface area contributed by atoms with E-state index in [1.165, 1.54) is 0 Å². The van der Waals surface area contributed by atoms with E-state index < -0.39 is 0 Å². The first-order valence-electron chi connectivity index (χ1n) is 4.71. The largest absolute Gasteiger partial charge is 0.337 e. The molecule has 0 aliphatic carbocycles. The van der Waals surface area contributed by atoms with Crippen molar-refractivity contribution in [2.45, 2.75) is 19.4 Å². The van der Waals surface area contributed by atoms with Gasteiger partial charge in [0.25, 0.3) is 0 Å². The molecule has 1 heterocycles. The van der Waals surface area contributed by atoms with Gasteiger partial charge in [-0.1, -0.05) is 0 Å². The minimum atomic E-state index is 0.782. The van der Waals surface area contributed by atoms with Crippen LogP contribution < -0.4 is 11.1 Å². The van der Waals surface area contributed by atoms with Gasteiger partial charge in [0.05, 0.1) is 6.54 Å². The Morgan fingerprint density at radius 3 is 3.00 bits per heavy atom. The van der Waals surface area contributed by atoms with Crippen molar-refractivity contribution >= 4 is 0 Å². The Morgan fingerprint density at radius 1 is 1.54 bits per heavy atom. The van der Waals surface area contributed by atoms with Crippen molar-refractivity contribution in [3.63, 3.8) is 0 Å². The molecule has 0 aromatic carbocycles. The highest BCUT2D eigenvalue weighted by Gasteiger charge is 1.96. The van der Waals surface area contributed by atoms with Crippen molar-refractivity contribution in [2.75, 3.05) is 13.1 Å². The second-order valence-corrected chi connectivity index (χ2v) is 3.13. The molecule has 0 aliphatic rings. The molecule has 3 N–H and O–H groups in total. The van der Waals surface area contributed by atoms with Gasteiger partial charge in [-0.15, -0.1) is 0 Å². The van der Waals surface area contributed by atoms with Crippen molar-refractivity contribution in [2.24, 2.45) is 12.8 Å². The van der Waals surface area contributed by atoms with Gasteiger partial charge in [-0.3, -0.25) is 0 Å². The molecule has 1 aromatic heterocycles. The number of nitrogens with two attached hydrogens (primary N) is 1. The molecule has 1 aromatic rings. The predicted octanol–water partition coefficient (Wildman–Crippen LogP) is 0.249. The fourth-order valence-corrected chi connectivity index (χ4v) is 1.16. The van der Waals surface area contributed by atoms with Crippen LogP contribution in [-0.4, -0.2) is 22.6 Å². The number of unbranched alkanes of at least 4 members (excludes halogenated alkanes) is 1. The van der Waals surface area contributed by atoms with Crippen LogP contribution >= 0.6 is 0 Å². The molecule has 1 rings (SSSR count). The fourth-order valence-electron chi connectivity index (χ4n) is 1.16. The molecule has 0 saturated carbocycles. The summed E-state index contributed by atoms with van der Waals surface area (Å²) in [6.07, 6.45) is 6.00. The highest BCUT2D eigenvalue weighted by molar-refractivity contribution is 4.90. The molecule has 0 bridgehead atoms. The van der Waals surface area contributed by atoms with E-state index in [1.54, 1.807) is 0 Å². The maximum atomic E-state index is 5.39. The Labute approximate surface area is 79.1 Å². The lowest BCUT2D eigenvalue weighted by Crippen LogP contribution is -2.18. The van der Waals surface area contributed by atoms with Gasteiger partial charge < -0.3 is 15.6 Å².